The van der Waals surface area contributed by atoms with E-state index in [2.05, 4.69) is 0 Å². The van der Waals surface area contributed by atoms with Gasteiger partial charge in [0.05, 0.1) is 5.56 Å². The average molecular weight is 232 g/mol. The number of fused-ring (bicyclic) bond motifs is 1. The Morgan fingerprint density at radius 3 is 2.76 bits per heavy atom. The van der Waals surface area contributed by atoms with Crippen molar-refractivity contribution in [3.8, 4) is 0 Å². The third-order valence-corrected chi connectivity index (χ3v) is 2.80. The molecule has 0 bridgehead atoms. The molecular formula is C12H13BO4. The molecule has 2 radical (unpaired) electrons. The molecule has 1 aromatic carbocycles. The number of carbonyl (C=O) groups excluding carboxylic acids is 1. The average Bonchev–Trinajstić information content (AvgIpc) is 2.50. The number of esters is 1. The zero-order valence-electron chi connectivity index (χ0n) is 9.51. The van der Waals surface area contributed by atoms with Crippen molar-refractivity contribution in [2.24, 2.45) is 0 Å². The standard InChI is InChI=1S/C12H13BO4/c1-11(13,15)6-7-12(16)9-5-3-2-4-8(9)10(14)17-12/h2-5,15-16H,6-7H2,1H3. The van der Waals surface area contributed by atoms with E-state index in [9.17, 15) is 15.0 Å². The predicted molar refractivity (Wildman–Crippen MR) is 61.4 cm³/mol. The van der Waals surface area contributed by atoms with Crippen LogP contribution in [0, 0.1) is 0 Å². The summed E-state index contributed by atoms with van der Waals surface area (Å²) in [4.78, 5) is 11.5. The van der Waals surface area contributed by atoms with Gasteiger partial charge in [0.25, 0.3) is 0 Å². The van der Waals surface area contributed by atoms with Crippen molar-refractivity contribution in [1.82, 2.24) is 0 Å². The minimum absolute atomic E-state index is 0.0548. The minimum Gasteiger partial charge on any atom is -0.425 e. The third-order valence-electron chi connectivity index (χ3n) is 2.80. The SMILES string of the molecule is [B]C(C)(O)CCC1(O)OC(=O)c2ccccc21. The van der Waals surface area contributed by atoms with E-state index in [1.54, 1.807) is 24.3 Å². The van der Waals surface area contributed by atoms with Gasteiger partial charge in [0.2, 0.25) is 5.79 Å². The molecule has 2 unspecified atom stereocenters. The highest BCUT2D eigenvalue weighted by Gasteiger charge is 2.44. The van der Waals surface area contributed by atoms with Crippen molar-refractivity contribution in [1.29, 1.82) is 0 Å². The molecule has 1 aliphatic rings. The normalized spacial score (nSPS) is 26.2. The fraction of sp³-hybridized carbons (Fsp3) is 0.417. The highest BCUT2D eigenvalue weighted by atomic mass is 16.7. The van der Waals surface area contributed by atoms with Crippen molar-refractivity contribution in [3.05, 3.63) is 35.4 Å². The number of carbonyl (C=O) groups is 1. The number of hydrogen-bond acceptors (Lipinski definition) is 4. The van der Waals surface area contributed by atoms with Crippen LogP contribution in [0.1, 0.15) is 35.7 Å². The summed E-state index contributed by atoms with van der Waals surface area (Å²) in [6.07, 6.45) is 0.171. The summed E-state index contributed by atoms with van der Waals surface area (Å²) in [5.74, 6) is -2.24. The zero-order chi connectivity index (χ0) is 12.7. The number of hydrogen-bond donors (Lipinski definition) is 2. The quantitative estimate of drug-likeness (QED) is 0.593. The molecule has 0 amide bonds. The van der Waals surface area contributed by atoms with E-state index in [1.165, 1.54) is 6.92 Å². The second-order valence-electron chi connectivity index (χ2n) is 4.58. The van der Waals surface area contributed by atoms with Gasteiger partial charge >= 0.3 is 5.97 Å². The van der Waals surface area contributed by atoms with E-state index >= 15 is 0 Å². The van der Waals surface area contributed by atoms with Crippen LogP contribution in [0.2, 0.25) is 0 Å². The van der Waals surface area contributed by atoms with E-state index < -0.39 is 17.3 Å². The van der Waals surface area contributed by atoms with Crippen LogP contribution in [-0.4, -0.2) is 29.5 Å². The smallest absolute Gasteiger partial charge is 0.341 e. The maximum absolute atomic E-state index is 11.5. The van der Waals surface area contributed by atoms with Gasteiger partial charge < -0.3 is 14.9 Å². The molecule has 1 aromatic rings. The zero-order valence-corrected chi connectivity index (χ0v) is 9.51. The number of cyclic esters (lactones) is 1. The van der Waals surface area contributed by atoms with Crippen LogP contribution in [0.15, 0.2) is 24.3 Å². The lowest BCUT2D eigenvalue weighted by atomic mass is 9.78. The molecule has 1 heterocycles. The lowest BCUT2D eigenvalue weighted by Crippen LogP contribution is -2.32. The van der Waals surface area contributed by atoms with E-state index in [0.29, 0.717) is 11.1 Å². The number of benzene rings is 1. The van der Waals surface area contributed by atoms with E-state index in [-0.39, 0.29) is 12.8 Å². The molecule has 0 aromatic heterocycles. The molecular weight excluding hydrogens is 219 g/mol. The van der Waals surface area contributed by atoms with Gasteiger partial charge in [-0.3, -0.25) is 0 Å². The Morgan fingerprint density at radius 2 is 2.12 bits per heavy atom. The molecule has 0 saturated heterocycles. The highest BCUT2D eigenvalue weighted by molar-refractivity contribution is 6.13. The van der Waals surface area contributed by atoms with Gasteiger partial charge in [0, 0.05) is 17.5 Å². The summed E-state index contributed by atoms with van der Waals surface area (Å²) in [5.41, 5.74) is -0.624. The second kappa shape index (κ2) is 3.86. The Kier molecular flexibility index (Phi) is 2.75. The van der Waals surface area contributed by atoms with Crippen LogP contribution in [-0.2, 0) is 10.5 Å². The molecule has 17 heavy (non-hydrogen) atoms. The summed E-state index contributed by atoms with van der Waals surface area (Å²) < 4.78 is 4.96. The summed E-state index contributed by atoms with van der Waals surface area (Å²) >= 11 is 0. The Bertz CT molecular complexity index is 452. The van der Waals surface area contributed by atoms with Crippen molar-refractivity contribution in [3.63, 3.8) is 0 Å². The first-order valence-corrected chi connectivity index (χ1v) is 5.38. The number of aliphatic hydroxyl groups is 2. The van der Waals surface area contributed by atoms with Crippen molar-refractivity contribution in [2.75, 3.05) is 0 Å². The first kappa shape index (κ1) is 12.1. The predicted octanol–water partition coefficient (Wildman–Crippen LogP) is 0.659. The molecule has 0 fully saturated rings. The van der Waals surface area contributed by atoms with Gasteiger partial charge in [-0.1, -0.05) is 18.2 Å². The Morgan fingerprint density at radius 1 is 1.47 bits per heavy atom. The van der Waals surface area contributed by atoms with Crippen LogP contribution >= 0.6 is 0 Å². The van der Waals surface area contributed by atoms with Crippen LogP contribution in [0.25, 0.3) is 0 Å². The van der Waals surface area contributed by atoms with E-state index in [1.807, 2.05) is 0 Å². The number of ether oxygens (including phenoxy) is 1. The fourth-order valence-electron chi connectivity index (χ4n) is 1.87. The molecule has 2 rings (SSSR count). The molecule has 88 valence electrons. The molecule has 0 saturated carbocycles. The summed E-state index contributed by atoms with van der Waals surface area (Å²) in [6, 6.07) is 6.64. The van der Waals surface area contributed by atoms with Gasteiger partial charge in [0.1, 0.15) is 7.85 Å². The van der Waals surface area contributed by atoms with Gasteiger partial charge in [0.15, 0.2) is 0 Å². The maximum atomic E-state index is 11.5. The first-order chi connectivity index (χ1) is 7.82. The van der Waals surface area contributed by atoms with Gasteiger partial charge in [-0.25, -0.2) is 4.79 Å². The van der Waals surface area contributed by atoms with Crippen LogP contribution < -0.4 is 0 Å². The van der Waals surface area contributed by atoms with Crippen LogP contribution in [0.4, 0.5) is 0 Å². The molecule has 5 heteroatoms. The van der Waals surface area contributed by atoms with Crippen molar-refractivity contribution in [2.45, 2.75) is 31.1 Å². The highest BCUT2D eigenvalue weighted by Crippen LogP contribution is 2.38. The van der Waals surface area contributed by atoms with E-state index in [0.717, 1.165) is 0 Å². The van der Waals surface area contributed by atoms with Crippen LogP contribution in [0.3, 0.4) is 0 Å². The fourth-order valence-corrected chi connectivity index (χ4v) is 1.87. The lowest BCUT2D eigenvalue weighted by molar-refractivity contribution is -0.172. The molecule has 2 atom stereocenters. The second-order valence-corrected chi connectivity index (χ2v) is 4.58. The Hall–Kier alpha value is -1.33. The minimum atomic E-state index is -1.68. The topological polar surface area (TPSA) is 66.8 Å². The molecule has 1 aliphatic heterocycles. The summed E-state index contributed by atoms with van der Waals surface area (Å²) in [7, 11) is 5.43. The van der Waals surface area contributed by atoms with Gasteiger partial charge in [-0.15, -0.1) is 0 Å². The summed E-state index contributed by atoms with van der Waals surface area (Å²) in [6.45, 7) is 1.43. The third kappa shape index (κ3) is 2.35. The van der Waals surface area contributed by atoms with Gasteiger partial charge in [-0.2, -0.15) is 0 Å². The Balaban J connectivity index is 2.26. The molecule has 0 aliphatic carbocycles. The van der Waals surface area contributed by atoms with Crippen molar-refractivity contribution >= 4 is 13.8 Å². The maximum Gasteiger partial charge on any atom is 0.341 e. The molecule has 4 nitrogen and oxygen atoms in total. The molecule has 2 N–H and O–H groups in total. The monoisotopic (exact) mass is 232 g/mol. The van der Waals surface area contributed by atoms with Gasteiger partial charge in [-0.05, 0) is 19.4 Å². The largest absolute Gasteiger partial charge is 0.425 e. The Labute approximate surface area is 101 Å². The number of rotatable bonds is 3. The van der Waals surface area contributed by atoms with Crippen molar-refractivity contribution < 1.29 is 19.7 Å². The van der Waals surface area contributed by atoms with E-state index in [4.69, 9.17) is 12.6 Å². The first-order valence-electron chi connectivity index (χ1n) is 5.38. The molecule has 0 spiro atoms. The van der Waals surface area contributed by atoms with Crippen LogP contribution in [0.5, 0.6) is 0 Å². The lowest BCUT2D eigenvalue weighted by Gasteiger charge is -2.26. The summed E-state index contributed by atoms with van der Waals surface area (Å²) in [5, 5.41) is 19.7.